The van der Waals surface area contributed by atoms with Crippen LogP contribution in [0.1, 0.15) is 50.2 Å². The van der Waals surface area contributed by atoms with Gasteiger partial charge in [-0.25, -0.2) is 17.5 Å². The van der Waals surface area contributed by atoms with Crippen molar-refractivity contribution in [2.24, 2.45) is 11.3 Å². The van der Waals surface area contributed by atoms with E-state index in [0.29, 0.717) is 23.4 Å². The van der Waals surface area contributed by atoms with Crippen LogP contribution >= 0.6 is 23.2 Å². The molecule has 0 saturated carbocycles. The van der Waals surface area contributed by atoms with E-state index in [-0.39, 0.29) is 29.7 Å². The monoisotopic (exact) mass is 572 g/mol. The van der Waals surface area contributed by atoms with Gasteiger partial charge >= 0.3 is 5.97 Å². The molecular formula is C26H31Cl2FN2O5S. The Bertz CT molecular complexity index is 1220. The maximum absolute atomic E-state index is 14.4. The molecule has 3 N–H and O–H groups in total. The van der Waals surface area contributed by atoms with Gasteiger partial charge in [0.1, 0.15) is 5.82 Å². The standard InChI is InChI=1S/C26H31Cl2FN2O5S/c1-3-37(35,36)30-15-17(7-4-16-5-8-19(27)9-6-16)24-22(18-10-20(28)12-21(29)11-18)13-26(2,14-23(32)33)25(34)31-24/h5-6,8-12,17,22,24,30H,3-4,7,13-15H2,1-2H3,(H,31,34)(H,32,33)/t17-,22+,24+,26-/m0/s1. The Balaban J connectivity index is 2.00. The van der Waals surface area contributed by atoms with Crippen LogP contribution in [0.5, 0.6) is 0 Å². The predicted molar refractivity (Wildman–Crippen MR) is 142 cm³/mol. The summed E-state index contributed by atoms with van der Waals surface area (Å²) >= 11 is 12.1. The van der Waals surface area contributed by atoms with Crippen LogP contribution in [0.25, 0.3) is 0 Å². The maximum Gasteiger partial charge on any atom is 0.304 e. The number of sulfonamides is 1. The van der Waals surface area contributed by atoms with Crippen LogP contribution in [0.15, 0.2) is 42.5 Å². The van der Waals surface area contributed by atoms with Gasteiger partial charge in [-0.1, -0.05) is 42.3 Å². The molecule has 1 aliphatic rings. The molecule has 0 unspecified atom stereocenters. The summed E-state index contributed by atoms with van der Waals surface area (Å²) in [5, 5.41) is 13.2. The number of amides is 1. The molecule has 2 aromatic rings. The number of carbonyl (C=O) groups is 2. The number of carboxylic acid groups (broad SMARTS) is 1. The lowest BCUT2D eigenvalue weighted by atomic mass is 9.67. The predicted octanol–water partition coefficient (Wildman–Crippen LogP) is 4.77. The Morgan fingerprint density at radius 2 is 1.89 bits per heavy atom. The molecule has 37 heavy (non-hydrogen) atoms. The van der Waals surface area contributed by atoms with Gasteiger partial charge in [-0.3, -0.25) is 9.59 Å². The molecular weight excluding hydrogens is 542 g/mol. The van der Waals surface area contributed by atoms with Crippen molar-refractivity contribution in [2.75, 3.05) is 12.3 Å². The molecule has 3 rings (SSSR count). The Morgan fingerprint density at radius 3 is 2.49 bits per heavy atom. The van der Waals surface area contributed by atoms with Gasteiger partial charge < -0.3 is 10.4 Å². The van der Waals surface area contributed by atoms with Gasteiger partial charge in [0.05, 0.1) is 17.6 Å². The van der Waals surface area contributed by atoms with Crippen LogP contribution in [0.3, 0.4) is 0 Å². The van der Waals surface area contributed by atoms with E-state index in [0.717, 1.165) is 5.56 Å². The number of rotatable bonds is 11. The number of piperidine rings is 1. The molecule has 4 atom stereocenters. The molecule has 2 aromatic carbocycles. The molecule has 0 bridgehead atoms. The van der Waals surface area contributed by atoms with E-state index in [1.54, 1.807) is 25.1 Å². The largest absolute Gasteiger partial charge is 0.481 e. The zero-order valence-electron chi connectivity index (χ0n) is 20.6. The molecule has 0 spiro atoms. The normalized spacial score (nSPS) is 22.9. The number of halogens is 3. The summed E-state index contributed by atoms with van der Waals surface area (Å²) in [5.41, 5.74) is 0.257. The van der Waals surface area contributed by atoms with Crippen molar-refractivity contribution in [3.8, 4) is 0 Å². The topological polar surface area (TPSA) is 113 Å². The molecule has 11 heteroatoms. The lowest BCUT2D eigenvalue weighted by Gasteiger charge is -2.45. The van der Waals surface area contributed by atoms with E-state index >= 15 is 0 Å². The van der Waals surface area contributed by atoms with E-state index in [4.69, 9.17) is 23.2 Å². The molecule has 1 heterocycles. The average molecular weight is 574 g/mol. The third kappa shape index (κ3) is 7.89. The number of nitrogens with one attached hydrogen (secondary N) is 2. The van der Waals surface area contributed by atoms with Crippen molar-refractivity contribution >= 4 is 45.1 Å². The van der Waals surface area contributed by atoms with E-state index < -0.39 is 51.5 Å². The molecule has 0 aromatic heterocycles. The summed E-state index contributed by atoms with van der Waals surface area (Å²) in [6.07, 6.45) is 0.801. The Kier molecular flexibility index (Phi) is 9.61. The summed E-state index contributed by atoms with van der Waals surface area (Å²) in [7, 11) is -3.53. The van der Waals surface area contributed by atoms with Crippen molar-refractivity contribution in [1.29, 1.82) is 0 Å². The van der Waals surface area contributed by atoms with Gasteiger partial charge in [-0.2, -0.15) is 0 Å². The number of carboxylic acids is 1. The van der Waals surface area contributed by atoms with Gasteiger partial charge in [0.15, 0.2) is 0 Å². The van der Waals surface area contributed by atoms with Crippen molar-refractivity contribution in [1.82, 2.24) is 10.0 Å². The number of carbonyl (C=O) groups excluding carboxylic acids is 1. The summed E-state index contributed by atoms with van der Waals surface area (Å²) in [6.45, 7) is 3.15. The molecule has 1 aliphatic heterocycles. The van der Waals surface area contributed by atoms with Crippen molar-refractivity contribution in [3.05, 3.63) is 69.5 Å². The molecule has 202 valence electrons. The van der Waals surface area contributed by atoms with E-state index in [1.807, 2.05) is 12.1 Å². The minimum Gasteiger partial charge on any atom is -0.481 e. The minimum absolute atomic E-state index is 0.0455. The third-order valence-corrected chi connectivity index (χ3v) is 8.81. The molecule has 1 fully saturated rings. The number of benzene rings is 2. The van der Waals surface area contributed by atoms with Crippen molar-refractivity contribution in [2.45, 2.75) is 51.5 Å². The van der Waals surface area contributed by atoms with Crippen LogP contribution in [0.4, 0.5) is 4.39 Å². The summed E-state index contributed by atoms with van der Waals surface area (Å²) in [6, 6.07) is 10.8. The summed E-state index contributed by atoms with van der Waals surface area (Å²) in [4.78, 5) is 24.8. The van der Waals surface area contributed by atoms with Gasteiger partial charge in [-0.15, -0.1) is 0 Å². The SMILES string of the molecule is CCS(=O)(=O)NC[C@H](CCc1ccc(Cl)cc1)[C@H]1NC(=O)[C@](C)(CC(=O)O)C[C@@H]1c1cc(F)cc(Cl)c1. The van der Waals surface area contributed by atoms with E-state index in [1.165, 1.54) is 19.1 Å². The molecule has 1 amide bonds. The third-order valence-electron chi connectivity index (χ3n) is 6.97. The zero-order chi connectivity index (χ0) is 27.4. The molecule has 1 saturated heterocycles. The fourth-order valence-corrected chi connectivity index (χ4v) is 5.95. The van der Waals surface area contributed by atoms with Gasteiger partial charge in [0.25, 0.3) is 0 Å². The smallest absolute Gasteiger partial charge is 0.304 e. The highest BCUT2D eigenvalue weighted by Gasteiger charge is 2.48. The highest BCUT2D eigenvalue weighted by atomic mass is 35.5. The van der Waals surface area contributed by atoms with Gasteiger partial charge in [-0.05, 0) is 73.6 Å². The van der Waals surface area contributed by atoms with E-state index in [2.05, 4.69) is 10.0 Å². The van der Waals surface area contributed by atoms with Crippen molar-refractivity contribution in [3.63, 3.8) is 0 Å². The van der Waals surface area contributed by atoms with E-state index in [9.17, 15) is 27.5 Å². The van der Waals surface area contributed by atoms with Crippen LogP contribution < -0.4 is 10.0 Å². The highest BCUT2D eigenvalue weighted by Crippen LogP contribution is 2.44. The molecule has 0 radical (unpaired) electrons. The van der Waals surface area contributed by atoms with Crippen LogP contribution in [-0.4, -0.2) is 43.7 Å². The fraction of sp³-hybridized carbons (Fsp3) is 0.462. The Hall–Kier alpha value is -2.20. The molecule has 7 nitrogen and oxygen atoms in total. The highest BCUT2D eigenvalue weighted by molar-refractivity contribution is 7.89. The van der Waals surface area contributed by atoms with Gasteiger partial charge in [0.2, 0.25) is 15.9 Å². The van der Waals surface area contributed by atoms with Crippen LogP contribution in [-0.2, 0) is 26.0 Å². The van der Waals surface area contributed by atoms with Crippen LogP contribution in [0, 0.1) is 17.2 Å². The zero-order valence-corrected chi connectivity index (χ0v) is 23.0. The first kappa shape index (κ1) is 29.4. The van der Waals surface area contributed by atoms with Crippen LogP contribution in [0.2, 0.25) is 10.0 Å². The first-order chi connectivity index (χ1) is 17.3. The summed E-state index contributed by atoms with van der Waals surface area (Å²) in [5.74, 6) is -3.11. The summed E-state index contributed by atoms with van der Waals surface area (Å²) < 4.78 is 41.6. The second kappa shape index (κ2) is 12.1. The first-order valence-electron chi connectivity index (χ1n) is 12.0. The lowest BCUT2D eigenvalue weighted by Crippen LogP contribution is -2.58. The number of aryl methyl sites for hydroxylation is 1. The van der Waals surface area contributed by atoms with Gasteiger partial charge in [0, 0.05) is 28.5 Å². The quantitative estimate of drug-likeness (QED) is 0.359. The minimum atomic E-state index is -3.53. The molecule has 0 aliphatic carbocycles. The maximum atomic E-state index is 14.4. The first-order valence-corrected chi connectivity index (χ1v) is 14.4. The Morgan fingerprint density at radius 1 is 1.22 bits per heavy atom. The fourth-order valence-electron chi connectivity index (χ4n) is 4.93. The second-order valence-corrected chi connectivity index (χ2v) is 12.8. The number of hydrogen-bond acceptors (Lipinski definition) is 4. The number of aliphatic carboxylic acids is 1. The average Bonchev–Trinajstić information content (AvgIpc) is 2.81. The second-order valence-electron chi connectivity index (χ2n) is 9.82. The van der Waals surface area contributed by atoms with Crippen molar-refractivity contribution < 1.29 is 27.5 Å². The lowest BCUT2D eigenvalue weighted by molar-refractivity contribution is -0.147. The Labute approximate surface area is 226 Å². The number of hydrogen-bond donors (Lipinski definition) is 3.